The van der Waals surface area contributed by atoms with Gasteiger partial charge in [-0.05, 0) is 43.0 Å². The van der Waals surface area contributed by atoms with Crippen molar-refractivity contribution in [2.45, 2.75) is 33.1 Å². The highest BCUT2D eigenvalue weighted by molar-refractivity contribution is 5.25. The summed E-state index contributed by atoms with van der Waals surface area (Å²) in [5.41, 5.74) is 2.88. The lowest BCUT2D eigenvalue weighted by atomic mass is 9.88. The second kappa shape index (κ2) is 5.92. The van der Waals surface area contributed by atoms with E-state index in [0.717, 1.165) is 13.0 Å². The first-order valence-electron chi connectivity index (χ1n) is 5.92. The summed E-state index contributed by atoms with van der Waals surface area (Å²) in [7, 11) is 2.02. The second-order valence-electron chi connectivity index (χ2n) is 4.42. The molecule has 0 radical (unpaired) electrons. The highest BCUT2D eigenvalue weighted by Crippen LogP contribution is 2.23. The van der Waals surface area contributed by atoms with Crippen molar-refractivity contribution in [2.75, 3.05) is 13.6 Å². The molecule has 0 aliphatic carbocycles. The topological polar surface area (TPSA) is 12.0 Å². The molecule has 1 heteroatoms. The van der Waals surface area contributed by atoms with Gasteiger partial charge in [-0.1, -0.05) is 45.0 Å². The van der Waals surface area contributed by atoms with Gasteiger partial charge in [0, 0.05) is 0 Å². The molecule has 0 saturated carbocycles. The second-order valence-corrected chi connectivity index (χ2v) is 4.42. The smallest absolute Gasteiger partial charge is 0.00204 e. The Morgan fingerprint density at radius 3 is 2.20 bits per heavy atom. The van der Waals surface area contributed by atoms with E-state index < -0.39 is 0 Å². The van der Waals surface area contributed by atoms with Gasteiger partial charge in [-0.2, -0.15) is 0 Å². The molecular weight excluding hydrogens is 182 g/mol. The van der Waals surface area contributed by atoms with E-state index in [9.17, 15) is 0 Å². The van der Waals surface area contributed by atoms with E-state index in [4.69, 9.17) is 0 Å². The highest BCUT2D eigenvalue weighted by Gasteiger charge is 2.12. The summed E-state index contributed by atoms with van der Waals surface area (Å²) in [4.78, 5) is 0. The van der Waals surface area contributed by atoms with Crippen LogP contribution in [0.1, 0.15) is 37.8 Å². The minimum atomic E-state index is 0.628. The van der Waals surface area contributed by atoms with Crippen LogP contribution in [-0.4, -0.2) is 13.6 Å². The zero-order valence-corrected chi connectivity index (χ0v) is 10.4. The van der Waals surface area contributed by atoms with Crippen LogP contribution in [0.4, 0.5) is 0 Å². The first kappa shape index (κ1) is 12.3. The lowest BCUT2D eigenvalue weighted by molar-refractivity contribution is 0.466. The monoisotopic (exact) mass is 205 g/mol. The fourth-order valence-corrected chi connectivity index (χ4v) is 1.88. The Labute approximate surface area is 93.9 Å². The van der Waals surface area contributed by atoms with Crippen molar-refractivity contribution in [3.8, 4) is 0 Å². The van der Waals surface area contributed by atoms with Crippen LogP contribution in [0.15, 0.2) is 24.3 Å². The molecule has 0 aliphatic rings. The molecule has 0 amide bonds. The van der Waals surface area contributed by atoms with Crippen molar-refractivity contribution in [3.05, 3.63) is 35.4 Å². The molecule has 1 rings (SSSR count). The number of hydrogen-bond donors (Lipinski definition) is 1. The van der Waals surface area contributed by atoms with Crippen LogP contribution < -0.4 is 5.32 Å². The number of rotatable bonds is 5. The van der Waals surface area contributed by atoms with Gasteiger partial charge in [0.1, 0.15) is 0 Å². The molecule has 0 bridgehead atoms. The quantitative estimate of drug-likeness (QED) is 0.778. The molecule has 0 heterocycles. The maximum Gasteiger partial charge on any atom is -0.00204 e. The third kappa shape index (κ3) is 3.35. The lowest BCUT2D eigenvalue weighted by Gasteiger charge is -2.20. The maximum atomic E-state index is 3.24. The van der Waals surface area contributed by atoms with Crippen molar-refractivity contribution in [3.63, 3.8) is 0 Å². The average molecular weight is 205 g/mol. The molecule has 2 atom stereocenters. The van der Waals surface area contributed by atoms with Gasteiger partial charge < -0.3 is 5.32 Å². The van der Waals surface area contributed by atoms with Crippen molar-refractivity contribution >= 4 is 0 Å². The SMILES string of the molecule is CCc1ccc(C(C)C(C)CNC)cc1. The van der Waals surface area contributed by atoms with Gasteiger partial charge in [-0.25, -0.2) is 0 Å². The summed E-state index contributed by atoms with van der Waals surface area (Å²) in [6, 6.07) is 9.04. The zero-order chi connectivity index (χ0) is 11.3. The van der Waals surface area contributed by atoms with Crippen LogP contribution in [0.5, 0.6) is 0 Å². The van der Waals surface area contributed by atoms with Crippen LogP contribution in [0, 0.1) is 5.92 Å². The van der Waals surface area contributed by atoms with Crippen molar-refractivity contribution in [1.82, 2.24) is 5.32 Å². The largest absolute Gasteiger partial charge is 0.319 e. The van der Waals surface area contributed by atoms with Crippen molar-refractivity contribution < 1.29 is 0 Å². The Kier molecular flexibility index (Phi) is 4.83. The number of aryl methyl sites for hydroxylation is 1. The van der Waals surface area contributed by atoms with Gasteiger partial charge in [-0.3, -0.25) is 0 Å². The fraction of sp³-hybridized carbons (Fsp3) is 0.571. The van der Waals surface area contributed by atoms with Gasteiger partial charge in [0.2, 0.25) is 0 Å². The maximum absolute atomic E-state index is 3.24. The van der Waals surface area contributed by atoms with E-state index in [1.807, 2.05) is 7.05 Å². The average Bonchev–Trinajstić information content (AvgIpc) is 2.28. The van der Waals surface area contributed by atoms with Crippen LogP contribution in [-0.2, 0) is 6.42 Å². The Morgan fingerprint density at radius 1 is 1.13 bits per heavy atom. The number of nitrogens with one attached hydrogen (secondary N) is 1. The van der Waals surface area contributed by atoms with Gasteiger partial charge in [-0.15, -0.1) is 0 Å². The molecule has 0 fully saturated rings. The summed E-state index contributed by atoms with van der Waals surface area (Å²) in [6.45, 7) is 7.89. The highest BCUT2D eigenvalue weighted by atomic mass is 14.8. The predicted molar refractivity (Wildman–Crippen MR) is 67.3 cm³/mol. The summed E-state index contributed by atoms with van der Waals surface area (Å²) >= 11 is 0. The number of hydrogen-bond acceptors (Lipinski definition) is 1. The van der Waals surface area contributed by atoms with Crippen molar-refractivity contribution in [1.29, 1.82) is 0 Å². The third-order valence-electron chi connectivity index (χ3n) is 3.29. The molecule has 2 unspecified atom stereocenters. The number of benzene rings is 1. The van der Waals surface area contributed by atoms with Gasteiger partial charge in [0.25, 0.3) is 0 Å². The first-order chi connectivity index (χ1) is 7.19. The Bertz CT molecular complexity index is 276. The van der Waals surface area contributed by atoms with Crippen LogP contribution in [0.2, 0.25) is 0 Å². The minimum absolute atomic E-state index is 0.628. The lowest BCUT2D eigenvalue weighted by Crippen LogP contribution is -2.20. The van der Waals surface area contributed by atoms with Gasteiger partial charge in [0.05, 0.1) is 0 Å². The van der Waals surface area contributed by atoms with Gasteiger partial charge >= 0.3 is 0 Å². The summed E-state index contributed by atoms with van der Waals surface area (Å²) in [6.07, 6.45) is 1.13. The molecule has 0 saturated heterocycles. The molecule has 1 N–H and O–H groups in total. The van der Waals surface area contributed by atoms with E-state index in [1.54, 1.807) is 0 Å². The fourth-order valence-electron chi connectivity index (χ4n) is 1.88. The molecule has 0 spiro atoms. The molecule has 0 aliphatic heterocycles. The molecule has 84 valence electrons. The summed E-state index contributed by atoms with van der Waals surface area (Å²) < 4.78 is 0. The van der Waals surface area contributed by atoms with Crippen LogP contribution in [0.25, 0.3) is 0 Å². The van der Waals surface area contributed by atoms with Crippen LogP contribution >= 0.6 is 0 Å². The van der Waals surface area contributed by atoms with E-state index in [2.05, 4.69) is 50.4 Å². The molecule has 1 nitrogen and oxygen atoms in total. The van der Waals surface area contributed by atoms with Gasteiger partial charge in [0.15, 0.2) is 0 Å². The predicted octanol–water partition coefficient (Wildman–Crippen LogP) is 3.21. The zero-order valence-electron chi connectivity index (χ0n) is 10.4. The first-order valence-corrected chi connectivity index (χ1v) is 5.92. The minimum Gasteiger partial charge on any atom is -0.319 e. The Balaban J connectivity index is 2.69. The van der Waals surface area contributed by atoms with E-state index in [1.165, 1.54) is 11.1 Å². The molecule has 1 aromatic rings. The summed E-state index contributed by atoms with van der Waals surface area (Å²) in [5.74, 6) is 1.31. The molecular formula is C14H23N. The molecule has 0 aromatic heterocycles. The van der Waals surface area contributed by atoms with Crippen LogP contribution in [0.3, 0.4) is 0 Å². The molecule has 15 heavy (non-hydrogen) atoms. The Morgan fingerprint density at radius 2 is 1.73 bits per heavy atom. The van der Waals surface area contributed by atoms with E-state index in [0.29, 0.717) is 11.8 Å². The Hall–Kier alpha value is -0.820. The molecule has 1 aromatic carbocycles. The van der Waals surface area contributed by atoms with E-state index in [-0.39, 0.29) is 0 Å². The van der Waals surface area contributed by atoms with E-state index >= 15 is 0 Å². The normalized spacial score (nSPS) is 14.9. The summed E-state index contributed by atoms with van der Waals surface area (Å²) in [5, 5.41) is 3.24. The standard InChI is InChI=1S/C14H23N/c1-5-13-6-8-14(9-7-13)12(3)11(2)10-15-4/h6-9,11-12,15H,5,10H2,1-4H3. The van der Waals surface area contributed by atoms with Crippen molar-refractivity contribution in [2.24, 2.45) is 5.92 Å². The third-order valence-corrected chi connectivity index (χ3v) is 3.29.